The first kappa shape index (κ1) is 14.0. The van der Waals surface area contributed by atoms with Crippen molar-refractivity contribution in [1.29, 1.82) is 5.26 Å². The molecule has 0 heterocycles. The normalized spacial score (nSPS) is 11.2. The Morgan fingerprint density at radius 1 is 0.950 bits per heavy atom. The Bertz CT molecular complexity index is 674. The van der Waals surface area contributed by atoms with Crippen LogP contribution in [-0.4, -0.2) is 0 Å². The number of rotatable bonds is 1. The second-order valence-corrected chi connectivity index (χ2v) is 3.97. The number of nitrogens with zero attached hydrogens (tertiary/aromatic N) is 1. The Morgan fingerprint density at radius 3 is 2.00 bits per heavy atom. The summed E-state index contributed by atoms with van der Waals surface area (Å²) < 4.78 is 66.1. The van der Waals surface area contributed by atoms with Crippen molar-refractivity contribution >= 4 is 0 Å². The number of benzene rings is 2. The van der Waals surface area contributed by atoms with Crippen LogP contribution in [0.15, 0.2) is 36.4 Å². The third-order valence-electron chi connectivity index (χ3n) is 2.67. The Hall–Kier alpha value is -2.42. The van der Waals surface area contributed by atoms with Crippen LogP contribution in [0.2, 0.25) is 0 Å². The van der Waals surface area contributed by atoms with E-state index < -0.39 is 34.5 Å². The predicted octanol–water partition coefficient (Wildman–Crippen LogP) is 4.52. The number of halogens is 5. The molecule has 20 heavy (non-hydrogen) atoms. The summed E-state index contributed by atoms with van der Waals surface area (Å²) in [5.74, 6) is -2.42. The molecule has 6 heteroatoms. The maximum Gasteiger partial charge on any atom is 0.417 e. The van der Waals surface area contributed by atoms with E-state index in [0.717, 1.165) is 18.2 Å². The van der Waals surface area contributed by atoms with Gasteiger partial charge in [0.05, 0.1) is 22.8 Å². The fourth-order valence-electron chi connectivity index (χ4n) is 1.84. The van der Waals surface area contributed by atoms with Crippen molar-refractivity contribution in [3.8, 4) is 17.2 Å². The van der Waals surface area contributed by atoms with Gasteiger partial charge in [-0.2, -0.15) is 18.4 Å². The van der Waals surface area contributed by atoms with Crippen LogP contribution in [0.3, 0.4) is 0 Å². The highest BCUT2D eigenvalue weighted by Gasteiger charge is 2.34. The summed E-state index contributed by atoms with van der Waals surface area (Å²) in [7, 11) is 0. The van der Waals surface area contributed by atoms with Crippen molar-refractivity contribution in [3.05, 3.63) is 59.2 Å². The van der Waals surface area contributed by atoms with Crippen LogP contribution >= 0.6 is 0 Å². The van der Waals surface area contributed by atoms with Gasteiger partial charge in [-0.1, -0.05) is 18.2 Å². The minimum atomic E-state index is -4.73. The molecule has 2 aromatic carbocycles. The van der Waals surface area contributed by atoms with Gasteiger partial charge in [0.25, 0.3) is 0 Å². The van der Waals surface area contributed by atoms with Crippen LogP contribution in [0.5, 0.6) is 0 Å². The van der Waals surface area contributed by atoms with Gasteiger partial charge in [0.15, 0.2) is 0 Å². The Morgan fingerprint density at radius 2 is 1.50 bits per heavy atom. The minimum Gasteiger partial charge on any atom is -0.206 e. The van der Waals surface area contributed by atoms with Gasteiger partial charge in [0.1, 0.15) is 11.6 Å². The minimum absolute atomic E-state index is 0.298. The Kier molecular flexibility index (Phi) is 3.45. The molecule has 0 saturated carbocycles. The molecule has 0 aliphatic heterocycles. The molecular formula is C14H6F5N. The lowest BCUT2D eigenvalue weighted by Crippen LogP contribution is -2.08. The zero-order valence-corrected chi connectivity index (χ0v) is 9.80. The average molecular weight is 283 g/mol. The highest BCUT2D eigenvalue weighted by Crippen LogP contribution is 2.38. The van der Waals surface area contributed by atoms with Crippen molar-refractivity contribution < 1.29 is 22.0 Å². The highest BCUT2D eigenvalue weighted by molar-refractivity contribution is 5.70. The molecule has 0 spiro atoms. The van der Waals surface area contributed by atoms with E-state index in [4.69, 9.17) is 5.26 Å². The van der Waals surface area contributed by atoms with E-state index in [1.54, 1.807) is 0 Å². The van der Waals surface area contributed by atoms with Crippen LogP contribution in [0, 0.1) is 23.0 Å². The fourth-order valence-corrected chi connectivity index (χ4v) is 1.84. The van der Waals surface area contributed by atoms with Gasteiger partial charge >= 0.3 is 6.18 Å². The standard InChI is InChI=1S/C14H6F5N/c15-11-5-8(7-20)6-12(16)13(11)9-3-1-2-4-10(9)14(17,18)19/h1-6H. The van der Waals surface area contributed by atoms with Crippen LogP contribution in [0.4, 0.5) is 22.0 Å². The molecule has 1 nitrogen and oxygen atoms in total. The maximum atomic E-state index is 13.8. The lowest BCUT2D eigenvalue weighted by atomic mass is 9.97. The molecule has 0 fully saturated rings. The average Bonchev–Trinajstić information content (AvgIpc) is 2.37. The number of nitriles is 1. The second-order valence-electron chi connectivity index (χ2n) is 3.97. The molecule has 0 aliphatic rings. The molecule has 102 valence electrons. The smallest absolute Gasteiger partial charge is 0.206 e. The van der Waals surface area contributed by atoms with Crippen molar-refractivity contribution in [2.24, 2.45) is 0 Å². The number of hydrogen-bond acceptors (Lipinski definition) is 1. The molecule has 0 unspecified atom stereocenters. The molecule has 0 amide bonds. The molecule has 0 N–H and O–H groups in total. The third-order valence-corrected chi connectivity index (χ3v) is 2.67. The van der Waals surface area contributed by atoms with Gasteiger partial charge in [-0.25, -0.2) is 8.78 Å². The summed E-state index contributed by atoms with van der Waals surface area (Å²) in [6.07, 6.45) is -4.73. The van der Waals surface area contributed by atoms with Crippen LogP contribution in [-0.2, 0) is 6.18 Å². The number of alkyl halides is 3. The lowest BCUT2D eigenvalue weighted by Gasteiger charge is -2.14. The third kappa shape index (κ3) is 2.48. The monoisotopic (exact) mass is 283 g/mol. The molecule has 0 radical (unpaired) electrons. The van der Waals surface area contributed by atoms with E-state index in [2.05, 4.69) is 0 Å². The van der Waals surface area contributed by atoms with Crippen molar-refractivity contribution in [2.75, 3.05) is 0 Å². The Balaban J connectivity index is 2.74. The lowest BCUT2D eigenvalue weighted by molar-refractivity contribution is -0.137. The van der Waals surface area contributed by atoms with Crippen LogP contribution in [0.25, 0.3) is 11.1 Å². The summed E-state index contributed by atoms with van der Waals surface area (Å²) in [4.78, 5) is 0. The first-order chi connectivity index (χ1) is 9.34. The largest absolute Gasteiger partial charge is 0.417 e. The molecular weight excluding hydrogens is 277 g/mol. The van der Waals surface area contributed by atoms with Crippen molar-refractivity contribution in [2.45, 2.75) is 6.18 Å². The van der Waals surface area contributed by atoms with Crippen molar-refractivity contribution in [1.82, 2.24) is 0 Å². The fraction of sp³-hybridized carbons (Fsp3) is 0.0714. The van der Waals surface area contributed by atoms with E-state index in [0.29, 0.717) is 12.1 Å². The van der Waals surface area contributed by atoms with Crippen molar-refractivity contribution in [3.63, 3.8) is 0 Å². The molecule has 0 bridgehead atoms. The van der Waals surface area contributed by atoms with Crippen LogP contribution < -0.4 is 0 Å². The second kappa shape index (κ2) is 4.93. The van der Waals surface area contributed by atoms with Gasteiger partial charge in [0, 0.05) is 0 Å². The molecule has 2 rings (SSSR count). The molecule has 0 atom stereocenters. The first-order valence-corrected chi connectivity index (χ1v) is 5.40. The summed E-state index contributed by atoms with van der Waals surface area (Å²) in [5.41, 5.74) is -2.83. The topological polar surface area (TPSA) is 23.8 Å². The number of hydrogen-bond donors (Lipinski definition) is 0. The summed E-state index contributed by atoms with van der Waals surface area (Å²) >= 11 is 0. The zero-order valence-electron chi connectivity index (χ0n) is 9.80. The van der Waals surface area contributed by atoms with E-state index in [1.165, 1.54) is 12.1 Å². The molecule has 0 saturated heterocycles. The van der Waals surface area contributed by atoms with Gasteiger partial charge in [-0.15, -0.1) is 0 Å². The van der Waals surface area contributed by atoms with Gasteiger partial charge in [-0.3, -0.25) is 0 Å². The van der Waals surface area contributed by atoms with E-state index >= 15 is 0 Å². The van der Waals surface area contributed by atoms with E-state index in [9.17, 15) is 22.0 Å². The van der Waals surface area contributed by atoms with E-state index in [-0.39, 0.29) is 5.56 Å². The molecule has 2 aromatic rings. The predicted molar refractivity (Wildman–Crippen MR) is 61.5 cm³/mol. The van der Waals surface area contributed by atoms with Gasteiger partial charge in [-0.05, 0) is 23.8 Å². The van der Waals surface area contributed by atoms with Gasteiger partial charge < -0.3 is 0 Å². The SMILES string of the molecule is N#Cc1cc(F)c(-c2ccccc2C(F)(F)F)c(F)c1. The molecule has 0 aliphatic carbocycles. The van der Waals surface area contributed by atoms with E-state index in [1.807, 2.05) is 0 Å². The van der Waals surface area contributed by atoms with Gasteiger partial charge in [0.2, 0.25) is 0 Å². The zero-order chi connectivity index (χ0) is 14.9. The quantitative estimate of drug-likeness (QED) is 0.706. The van der Waals surface area contributed by atoms with Crippen LogP contribution in [0.1, 0.15) is 11.1 Å². The summed E-state index contributed by atoms with van der Waals surface area (Å²) in [6, 6.07) is 7.04. The summed E-state index contributed by atoms with van der Waals surface area (Å²) in [6.45, 7) is 0. The molecule has 0 aromatic heterocycles. The maximum absolute atomic E-state index is 13.8. The highest BCUT2D eigenvalue weighted by atomic mass is 19.4. The first-order valence-electron chi connectivity index (χ1n) is 5.40. The Labute approximate surface area is 110 Å². The summed E-state index contributed by atoms with van der Waals surface area (Å²) in [5, 5.41) is 8.57.